The van der Waals surface area contributed by atoms with E-state index in [0.717, 1.165) is 10.7 Å². The Labute approximate surface area is 87.6 Å². The first-order valence-corrected chi connectivity index (χ1v) is 5.70. The highest BCUT2D eigenvalue weighted by Crippen LogP contribution is 2.35. The molecule has 3 nitrogen and oxygen atoms in total. The van der Waals surface area contributed by atoms with Gasteiger partial charge in [-0.05, 0) is 12.8 Å². The maximum absolute atomic E-state index is 11.3. The smallest absolute Gasteiger partial charge is 0.226 e. The normalized spacial score (nSPS) is 26.1. The summed E-state index contributed by atoms with van der Waals surface area (Å²) in [7, 11) is 0. The van der Waals surface area contributed by atoms with E-state index in [4.69, 9.17) is 0 Å². The summed E-state index contributed by atoms with van der Waals surface area (Å²) in [6, 6.07) is 0.146. The molecule has 0 radical (unpaired) electrons. The van der Waals surface area contributed by atoms with Gasteiger partial charge in [-0.1, -0.05) is 13.8 Å². The molecule has 1 amide bonds. The predicted molar refractivity (Wildman–Crippen MR) is 56.1 cm³/mol. The number of hydrogen-bond donors (Lipinski definition) is 1. The van der Waals surface area contributed by atoms with Gasteiger partial charge < -0.3 is 5.32 Å². The van der Waals surface area contributed by atoms with Crippen LogP contribution in [0.3, 0.4) is 0 Å². The van der Waals surface area contributed by atoms with Crippen LogP contribution in [-0.2, 0) is 4.79 Å². The van der Waals surface area contributed by atoms with E-state index in [1.165, 1.54) is 0 Å². The second-order valence-corrected chi connectivity index (χ2v) is 5.11. The van der Waals surface area contributed by atoms with E-state index >= 15 is 0 Å². The molecule has 0 bridgehead atoms. The standard InChI is InChI=1S/C10H14N2OS/c1-5(2)8-9(12-10(8)13)7-4-14-6(3)11-7/h4-5,8-9H,1-3H3,(H,12,13). The van der Waals surface area contributed by atoms with Crippen molar-refractivity contribution in [2.45, 2.75) is 26.8 Å². The molecule has 2 heterocycles. The average molecular weight is 210 g/mol. The number of carbonyl (C=O) groups is 1. The van der Waals surface area contributed by atoms with Crippen LogP contribution in [0.25, 0.3) is 0 Å². The van der Waals surface area contributed by atoms with Crippen LogP contribution >= 0.6 is 11.3 Å². The third kappa shape index (κ3) is 1.43. The third-order valence-corrected chi connectivity index (χ3v) is 3.43. The zero-order valence-electron chi connectivity index (χ0n) is 8.57. The predicted octanol–water partition coefficient (Wildman–Crippen LogP) is 1.89. The Bertz CT molecular complexity index is 359. The topological polar surface area (TPSA) is 42.0 Å². The Morgan fingerprint density at radius 1 is 1.57 bits per heavy atom. The molecule has 0 saturated carbocycles. The van der Waals surface area contributed by atoms with E-state index in [-0.39, 0.29) is 17.9 Å². The van der Waals surface area contributed by atoms with E-state index in [2.05, 4.69) is 24.1 Å². The zero-order chi connectivity index (χ0) is 10.3. The zero-order valence-corrected chi connectivity index (χ0v) is 9.39. The lowest BCUT2D eigenvalue weighted by atomic mass is 9.80. The number of hydrogen-bond acceptors (Lipinski definition) is 3. The average Bonchev–Trinajstić information content (AvgIpc) is 2.45. The van der Waals surface area contributed by atoms with Crippen LogP contribution in [0.4, 0.5) is 0 Å². The molecule has 14 heavy (non-hydrogen) atoms. The number of thiazole rings is 1. The first-order valence-electron chi connectivity index (χ1n) is 4.82. The Morgan fingerprint density at radius 2 is 2.29 bits per heavy atom. The van der Waals surface area contributed by atoms with Gasteiger partial charge in [0.1, 0.15) is 0 Å². The monoisotopic (exact) mass is 210 g/mol. The number of nitrogens with one attached hydrogen (secondary N) is 1. The van der Waals surface area contributed by atoms with Crippen molar-refractivity contribution < 1.29 is 4.79 Å². The van der Waals surface area contributed by atoms with Crippen molar-refractivity contribution in [1.29, 1.82) is 0 Å². The van der Waals surface area contributed by atoms with Gasteiger partial charge in [-0.3, -0.25) is 4.79 Å². The Kier molecular flexibility index (Phi) is 2.31. The highest BCUT2D eigenvalue weighted by atomic mass is 32.1. The molecule has 2 rings (SSSR count). The molecular weight excluding hydrogens is 196 g/mol. The summed E-state index contributed by atoms with van der Waals surface area (Å²) in [6.45, 7) is 6.14. The number of amides is 1. The van der Waals surface area contributed by atoms with Gasteiger partial charge in [0, 0.05) is 5.38 Å². The largest absolute Gasteiger partial charge is 0.347 e. The summed E-state index contributed by atoms with van der Waals surface area (Å²) in [5.74, 6) is 0.655. The maximum atomic E-state index is 11.3. The van der Waals surface area contributed by atoms with Crippen molar-refractivity contribution >= 4 is 17.2 Å². The molecule has 2 atom stereocenters. The van der Waals surface area contributed by atoms with E-state index in [0.29, 0.717) is 5.92 Å². The minimum absolute atomic E-state index is 0.108. The Balaban J connectivity index is 2.17. The highest BCUT2D eigenvalue weighted by Gasteiger charge is 2.43. The highest BCUT2D eigenvalue weighted by molar-refractivity contribution is 7.09. The molecule has 1 aromatic heterocycles. The summed E-state index contributed by atoms with van der Waals surface area (Å²) in [5, 5.41) is 6.00. The van der Waals surface area contributed by atoms with Crippen molar-refractivity contribution in [3.8, 4) is 0 Å². The van der Waals surface area contributed by atoms with Crippen LogP contribution in [-0.4, -0.2) is 10.9 Å². The lowest BCUT2D eigenvalue weighted by Gasteiger charge is -2.38. The SMILES string of the molecule is Cc1nc(C2NC(=O)C2C(C)C)cs1. The number of β-lactam (4-membered cyclic amide) rings is 1. The van der Waals surface area contributed by atoms with Gasteiger partial charge in [-0.25, -0.2) is 4.98 Å². The van der Waals surface area contributed by atoms with Gasteiger partial charge in [0.2, 0.25) is 5.91 Å². The molecule has 0 aromatic carbocycles. The van der Waals surface area contributed by atoms with Crippen LogP contribution < -0.4 is 5.32 Å². The molecule has 1 fully saturated rings. The molecule has 1 aromatic rings. The van der Waals surface area contributed by atoms with E-state index < -0.39 is 0 Å². The van der Waals surface area contributed by atoms with Crippen LogP contribution in [0.5, 0.6) is 0 Å². The van der Waals surface area contributed by atoms with Crippen molar-refractivity contribution in [2.75, 3.05) is 0 Å². The Hall–Kier alpha value is -0.900. The van der Waals surface area contributed by atoms with Gasteiger partial charge in [0.25, 0.3) is 0 Å². The molecule has 0 spiro atoms. The first-order chi connectivity index (χ1) is 6.59. The molecular formula is C10H14N2OS. The second-order valence-electron chi connectivity index (χ2n) is 4.05. The van der Waals surface area contributed by atoms with Gasteiger partial charge in [0.15, 0.2) is 0 Å². The number of rotatable bonds is 2. The number of nitrogens with zero attached hydrogens (tertiary/aromatic N) is 1. The van der Waals surface area contributed by atoms with Crippen molar-refractivity contribution in [2.24, 2.45) is 11.8 Å². The fraction of sp³-hybridized carbons (Fsp3) is 0.600. The molecule has 76 valence electrons. The molecule has 1 aliphatic heterocycles. The Morgan fingerprint density at radius 3 is 2.71 bits per heavy atom. The van der Waals surface area contributed by atoms with Crippen molar-refractivity contribution in [3.05, 3.63) is 16.1 Å². The third-order valence-electron chi connectivity index (χ3n) is 2.63. The summed E-state index contributed by atoms with van der Waals surface area (Å²) < 4.78 is 0. The first kappa shape index (κ1) is 9.65. The quantitative estimate of drug-likeness (QED) is 0.757. The second kappa shape index (κ2) is 3.35. The summed E-state index contributed by atoms with van der Waals surface area (Å²) >= 11 is 1.63. The molecule has 2 unspecified atom stereocenters. The molecule has 4 heteroatoms. The van der Waals surface area contributed by atoms with Gasteiger partial charge in [-0.15, -0.1) is 11.3 Å². The lowest BCUT2D eigenvalue weighted by Crippen LogP contribution is -2.53. The molecule has 0 aliphatic carbocycles. The summed E-state index contributed by atoms with van der Waals surface area (Å²) in [4.78, 5) is 15.7. The van der Waals surface area contributed by atoms with Crippen LogP contribution in [0.1, 0.15) is 30.6 Å². The van der Waals surface area contributed by atoms with E-state index in [9.17, 15) is 4.79 Å². The minimum Gasteiger partial charge on any atom is -0.347 e. The van der Waals surface area contributed by atoms with Crippen LogP contribution in [0, 0.1) is 18.8 Å². The fourth-order valence-corrected chi connectivity index (χ4v) is 2.51. The van der Waals surface area contributed by atoms with Gasteiger partial charge in [-0.2, -0.15) is 0 Å². The van der Waals surface area contributed by atoms with Crippen molar-refractivity contribution in [3.63, 3.8) is 0 Å². The number of carbonyl (C=O) groups excluding carboxylic acids is 1. The maximum Gasteiger partial charge on any atom is 0.226 e. The minimum atomic E-state index is 0.108. The van der Waals surface area contributed by atoms with Crippen molar-refractivity contribution in [1.82, 2.24) is 10.3 Å². The van der Waals surface area contributed by atoms with Crippen LogP contribution in [0.15, 0.2) is 5.38 Å². The summed E-state index contributed by atoms with van der Waals surface area (Å²) in [5.41, 5.74) is 1.02. The van der Waals surface area contributed by atoms with Gasteiger partial charge in [0.05, 0.1) is 22.7 Å². The van der Waals surface area contributed by atoms with E-state index in [1.54, 1.807) is 11.3 Å². The molecule has 1 saturated heterocycles. The lowest BCUT2D eigenvalue weighted by molar-refractivity contribution is -0.137. The molecule has 1 aliphatic rings. The van der Waals surface area contributed by atoms with E-state index in [1.807, 2.05) is 12.3 Å². The number of aryl methyl sites for hydroxylation is 1. The number of aromatic nitrogens is 1. The van der Waals surface area contributed by atoms with Gasteiger partial charge >= 0.3 is 0 Å². The van der Waals surface area contributed by atoms with Crippen LogP contribution in [0.2, 0.25) is 0 Å². The summed E-state index contributed by atoms with van der Waals surface area (Å²) in [6.07, 6.45) is 0. The molecule has 1 N–H and O–H groups in total. The fourth-order valence-electron chi connectivity index (χ4n) is 1.86.